The van der Waals surface area contributed by atoms with E-state index >= 15 is 0 Å². The average Bonchev–Trinajstić information content (AvgIpc) is 2.82. The van der Waals surface area contributed by atoms with Gasteiger partial charge in [0, 0.05) is 5.56 Å². The molecular weight excluding hydrogens is 228 g/mol. The predicted octanol–water partition coefficient (Wildman–Crippen LogP) is 1.39. The highest BCUT2D eigenvalue weighted by atomic mass is 16.4. The summed E-state index contributed by atoms with van der Waals surface area (Å²) in [6.07, 6.45) is 1.62. The van der Waals surface area contributed by atoms with Gasteiger partial charge in [-0.25, -0.2) is 4.98 Å². The van der Waals surface area contributed by atoms with Gasteiger partial charge in [0.05, 0.1) is 22.7 Å². The molecule has 18 heavy (non-hydrogen) atoms. The van der Waals surface area contributed by atoms with Crippen LogP contribution in [-0.2, 0) is 0 Å². The van der Waals surface area contributed by atoms with Crippen molar-refractivity contribution in [1.82, 2.24) is 9.55 Å². The Morgan fingerprint density at radius 1 is 1.06 bits per heavy atom. The second-order valence-electron chi connectivity index (χ2n) is 3.91. The first kappa shape index (κ1) is 10.5. The Bertz CT molecular complexity index is 731. The number of benzene rings is 2. The first-order valence-corrected chi connectivity index (χ1v) is 5.50. The Morgan fingerprint density at radius 3 is 2.61 bits per heavy atom. The Hall–Kier alpha value is -2.62. The molecule has 0 aliphatic carbocycles. The fraction of sp³-hybridized carbons (Fsp3) is 0. The summed E-state index contributed by atoms with van der Waals surface area (Å²) in [4.78, 5) is 15.4. The molecular formula is C14H9N2O2-. The summed E-state index contributed by atoms with van der Waals surface area (Å²) >= 11 is 0. The summed E-state index contributed by atoms with van der Waals surface area (Å²) in [6, 6.07) is 14.3. The molecule has 4 nitrogen and oxygen atoms in total. The summed E-state index contributed by atoms with van der Waals surface area (Å²) < 4.78 is 1.75. The van der Waals surface area contributed by atoms with E-state index < -0.39 is 5.97 Å². The van der Waals surface area contributed by atoms with E-state index in [0.717, 1.165) is 11.0 Å². The number of carbonyl (C=O) groups excluding carboxylic acids is 1. The average molecular weight is 237 g/mol. The van der Waals surface area contributed by atoms with E-state index in [4.69, 9.17) is 0 Å². The maximum atomic E-state index is 11.1. The molecule has 0 bridgehead atoms. The number of carboxylic acid groups (broad SMARTS) is 1. The molecule has 3 rings (SSSR count). The van der Waals surface area contributed by atoms with Gasteiger partial charge in [-0.1, -0.05) is 30.3 Å². The van der Waals surface area contributed by atoms with Crippen LogP contribution in [0.2, 0.25) is 0 Å². The Kier molecular flexibility index (Phi) is 2.34. The number of nitrogens with zero attached hydrogens (tertiary/aromatic N) is 2. The largest absolute Gasteiger partial charge is 0.545 e. The molecule has 0 saturated carbocycles. The molecule has 0 amide bonds. The quantitative estimate of drug-likeness (QED) is 0.676. The normalized spacial score (nSPS) is 10.7. The highest BCUT2D eigenvalue weighted by Crippen LogP contribution is 2.20. The van der Waals surface area contributed by atoms with Gasteiger partial charge in [-0.2, -0.15) is 0 Å². The van der Waals surface area contributed by atoms with E-state index in [-0.39, 0.29) is 5.56 Å². The second kappa shape index (κ2) is 4.00. The lowest BCUT2D eigenvalue weighted by molar-refractivity contribution is -0.255. The first-order valence-electron chi connectivity index (χ1n) is 5.50. The molecule has 0 saturated heterocycles. The number of rotatable bonds is 2. The van der Waals surface area contributed by atoms with Crippen LogP contribution in [0.3, 0.4) is 0 Å². The van der Waals surface area contributed by atoms with Gasteiger partial charge in [0.15, 0.2) is 0 Å². The van der Waals surface area contributed by atoms with Gasteiger partial charge in [0.25, 0.3) is 0 Å². The molecule has 0 N–H and O–H groups in total. The Labute approximate surface area is 103 Å². The minimum Gasteiger partial charge on any atom is -0.545 e. The number of carboxylic acids is 1. The highest BCUT2D eigenvalue weighted by Gasteiger charge is 2.08. The molecule has 4 heteroatoms. The van der Waals surface area contributed by atoms with Gasteiger partial charge in [-0.15, -0.1) is 0 Å². The number of fused-ring (bicyclic) bond motifs is 1. The second-order valence-corrected chi connectivity index (χ2v) is 3.91. The monoisotopic (exact) mass is 237 g/mol. The molecule has 0 atom stereocenters. The van der Waals surface area contributed by atoms with E-state index in [2.05, 4.69) is 4.98 Å². The van der Waals surface area contributed by atoms with Crippen molar-refractivity contribution in [3.63, 3.8) is 0 Å². The van der Waals surface area contributed by atoms with Crippen LogP contribution in [0, 0.1) is 0 Å². The number of carbonyl (C=O) groups is 1. The third kappa shape index (κ3) is 1.55. The van der Waals surface area contributed by atoms with Crippen molar-refractivity contribution < 1.29 is 9.90 Å². The van der Waals surface area contributed by atoms with Crippen molar-refractivity contribution in [2.75, 3.05) is 0 Å². The molecule has 0 aliphatic heterocycles. The number of aromatic carboxylic acids is 1. The summed E-state index contributed by atoms with van der Waals surface area (Å²) in [6.45, 7) is 0. The Morgan fingerprint density at radius 2 is 1.78 bits per heavy atom. The van der Waals surface area contributed by atoms with E-state index in [1.165, 1.54) is 6.07 Å². The summed E-state index contributed by atoms with van der Waals surface area (Å²) in [5, 5.41) is 11.1. The van der Waals surface area contributed by atoms with Gasteiger partial charge in [0.2, 0.25) is 0 Å². The van der Waals surface area contributed by atoms with Gasteiger partial charge in [-0.3, -0.25) is 4.57 Å². The van der Waals surface area contributed by atoms with Crippen LogP contribution < -0.4 is 5.11 Å². The van der Waals surface area contributed by atoms with Crippen LogP contribution in [0.4, 0.5) is 0 Å². The molecule has 2 aromatic carbocycles. The molecule has 1 heterocycles. The molecule has 0 aliphatic rings. The van der Waals surface area contributed by atoms with Crippen LogP contribution in [-0.4, -0.2) is 15.5 Å². The maximum absolute atomic E-state index is 11.1. The van der Waals surface area contributed by atoms with Crippen molar-refractivity contribution in [3.8, 4) is 5.69 Å². The van der Waals surface area contributed by atoms with E-state index in [9.17, 15) is 9.90 Å². The van der Waals surface area contributed by atoms with Crippen LogP contribution in [0.25, 0.3) is 16.7 Å². The smallest absolute Gasteiger partial charge is 0.100 e. The third-order valence-electron chi connectivity index (χ3n) is 2.84. The van der Waals surface area contributed by atoms with E-state index in [1.807, 2.05) is 24.3 Å². The molecule has 0 radical (unpaired) electrons. The fourth-order valence-electron chi connectivity index (χ4n) is 2.01. The molecule has 0 spiro atoms. The van der Waals surface area contributed by atoms with E-state index in [0.29, 0.717) is 5.69 Å². The SMILES string of the molecule is O=C([O-])c1ccccc1-n1cnc2ccccc21. The summed E-state index contributed by atoms with van der Waals surface area (Å²) in [5.41, 5.74) is 2.41. The molecule has 0 fully saturated rings. The van der Waals surface area contributed by atoms with E-state index in [1.54, 1.807) is 29.1 Å². The maximum Gasteiger partial charge on any atom is 0.100 e. The zero-order valence-corrected chi connectivity index (χ0v) is 9.41. The lowest BCUT2D eigenvalue weighted by Gasteiger charge is -2.11. The lowest BCUT2D eigenvalue weighted by atomic mass is 10.1. The minimum absolute atomic E-state index is 0.153. The number of para-hydroxylation sites is 3. The zero-order chi connectivity index (χ0) is 12.5. The third-order valence-corrected chi connectivity index (χ3v) is 2.84. The zero-order valence-electron chi connectivity index (χ0n) is 9.41. The van der Waals surface area contributed by atoms with Gasteiger partial charge >= 0.3 is 0 Å². The number of hydrogen-bond donors (Lipinski definition) is 0. The molecule has 88 valence electrons. The topological polar surface area (TPSA) is 57.9 Å². The standard InChI is InChI=1S/C14H10N2O2/c17-14(18)10-5-1-3-7-12(10)16-9-15-11-6-2-4-8-13(11)16/h1-9H,(H,17,18)/p-1. The molecule has 1 aromatic heterocycles. The van der Waals surface area contributed by atoms with Gasteiger partial charge < -0.3 is 9.90 Å². The Balaban J connectivity index is 2.30. The van der Waals surface area contributed by atoms with Crippen molar-refractivity contribution in [2.45, 2.75) is 0 Å². The van der Waals surface area contributed by atoms with Crippen molar-refractivity contribution in [2.24, 2.45) is 0 Å². The van der Waals surface area contributed by atoms with Crippen molar-refractivity contribution in [3.05, 3.63) is 60.4 Å². The van der Waals surface area contributed by atoms with Gasteiger partial charge in [-0.05, 0) is 18.2 Å². The van der Waals surface area contributed by atoms with Crippen LogP contribution in [0.1, 0.15) is 10.4 Å². The minimum atomic E-state index is -1.19. The van der Waals surface area contributed by atoms with Gasteiger partial charge in [0.1, 0.15) is 6.33 Å². The fourth-order valence-corrected chi connectivity index (χ4v) is 2.01. The molecule has 0 unspecified atom stereocenters. The van der Waals surface area contributed by atoms with Crippen LogP contribution in [0.15, 0.2) is 54.9 Å². The highest BCUT2D eigenvalue weighted by molar-refractivity contribution is 5.91. The lowest BCUT2D eigenvalue weighted by Crippen LogP contribution is -2.23. The number of aromatic nitrogens is 2. The molecule has 3 aromatic rings. The van der Waals surface area contributed by atoms with Crippen molar-refractivity contribution >= 4 is 17.0 Å². The number of imidazole rings is 1. The summed E-state index contributed by atoms with van der Waals surface area (Å²) in [5.74, 6) is -1.19. The van der Waals surface area contributed by atoms with Crippen LogP contribution >= 0.6 is 0 Å². The first-order chi connectivity index (χ1) is 8.77. The van der Waals surface area contributed by atoms with Crippen LogP contribution in [0.5, 0.6) is 0 Å². The summed E-state index contributed by atoms with van der Waals surface area (Å²) in [7, 11) is 0. The van der Waals surface area contributed by atoms with Crippen molar-refractivity contribution in [1.29, 1.82) is 0 Å². The predicted molar refractivity (Wildman–Crippen MR) is 65.4 cm³/mol. The number of hydrogen-bond acceptors (Lipinski definition) is 3.